The highest BCUT2D eigenvalue weighted by molar-refractivity contribution is 5.25. The zero-order valence-electron chi connectivity index (χ0n) is 7.59. The molecule has 2 fully saturated rings. The Morgan fingerprint density at radius 2 is 2.50 bits per heavy atom. The molecule has 0 N–H and O–H groups in total. The SMILES string of the molecule is O=[N+]([O-])CC1OCC2CC3C=CC21O3. The molecular formula is C9H11NO4. The van der Waals surface area contributed by atoms with Gasteiger partial charge in [-0.15, -0.1) is 0 Å². The van der Waals surface area contributed by atoms with Crippen molar-refractivity contribution in [2.75, 3.05) is 13.2 Å². The lowest BCUT2D eigenvalue weighted by molar-refractivity contribution is -0.493. The molecule has 2 saturated heterocycles. The van der Waals surface area contributed by atoms with Crippen molar-refractivity contribution in [3.8, 4) is 0 Å². The highest BCUT2D eigenvalue weighted by atomic mass is 16.6. The van der Waals surface area contributed by atoms with Gasteiger partial charge >= 0.3 is 0 Å². The van der Waals surface area contributed by atoms with Gasteiger partial charge in [0.25, 0.3) is 0 Å². The standard InChI is InChI=1S/C9H11NO4/c11-10(12)4-8-9-2-1-7(14-9)3-6(9)5-13-8/h1-2,6-8H,3-5H2. The Labute approximate surface area is 80.8 Å². The Hall–Kier alpha value is -0.940. The summed E-state index contributed by atoms with van der Waals surface area (Å²) < 4.78 is 11.2. The summed E-state index contributed by atoms with van der Waals surface area (Å²) in [5.41, 5.74) is -0.474. The number of fused-ring (bicyclic) bond motifs is 1. The van der Waals surface area contributed by atoms with Crippen molar-refractivity contribution in [3.05, 3.63) is 22.3 Å². The summed E-state index contributed by atoms with van der Waals surface area (Å²) in [7, 11) is 0. The maximum atomic E-state index is 10.5. The number of hydrogen-bond acceptors (Lipinski definition) is 4. The summed E-state index contributed by atoms with van der Waals surface area (Å²) in [6.07, 6.45) is 4.68. The average molecular weight is 197 g/mol. The van der Waals surface area contributed by atoms with E-state index in [4.69, 9.17) is 9.47 Å². The topological polar surface area (TPSA) is 61.6 Å². The fraction of sp³-hybridized carbons (Fsp3) is 0.778. The van der Waals surface area contributed by atoms with E-state index < -0.39 is 11.7 Å². The van der Waals surface area contributed by atoms with Gasteiger partial charge in [0.2, 0.25) is 6.54 Å². The third kappa shape index (κ3) is 0.911. The van der Waals surface area contributed by atoms with Crippen LogP contribution in [0.2, 0.25) is 0 Å². The lowest BCUT2D eigenvalue weighted by Gasteiger charge is -2.25. The summed E-state index contributed by atoms with van der Waals surface area (Å²) >= 11 is 0. The van der Waals surface area contributed by atoms with Gasteiger partial charge in [-0.25, -0.2) is 0 Å². The van der Waals surface area contributed by atoms with Gasteiger partial charge in [-0.3, -0.25) is 10.1 Å². The van der Waals surface area contributed by atoms with E-state index in [1.54, 1.807) is 0 Å². The number of nitro groups is 1. The van der Waals surface area contributed by atoms with Crippen LogP contribution in [0.1, 0.15) is 6.42 Å². The van der Waals surface area contributed by atoms with Crippen molar-refractivity contribution in [2.24, 2.45) is 5.92 Å². The fourth-order valence-corrected chi connectivity index (χ4v) is 2.76. The number of ether oxygens (including phenoxy) is 2. The zero-order valence-corrected chi connectivity index (χ0v) is 7.59. The minimum absolute atomic E-state index is 0.159. The monoisotopic (exact) mass is 197 g/mol. The van der Waals surface area contributed by atoms with Crippen LogP contribution in [0.4, 0.5) is 0 Å². The van der Waals surface area contributed by atoms with E-state index in [0.29, 0.717) is 12.5 Å². The maximum absolute atomic E-state index is 10.5. The third-order valence-electron chi connectivity index (χ3n) is 3.40. The molecule has 4 atom stereocenters. The number of hydrogen-bond donors (Lipinski definition) is 0. The average Bonchev–Trinajstić information content (AvgIpc) is 2.75. The van der Waals surface area contributed by atoms with Crippen LogP contribution in [0.5, 0.6) is 0 Å². The van der Waals surface area contributed by atoms with Gasteiger partial charge in [0.15, 0.2) is 6.10 Å². The summed E-state index contributed by atoms with van der Waals surface area (Å²) in [5, 5.41) is 10.5. The Balaban J connectivity index is 1.88. The normalized spacial score (nSPS) is 48.4. The smallest absolute Gasteiger partial charge is 0.232 e. The molecular weight excluding hydrogens is 186 g/mol. The molecule has 3 rings (SSSR count). The zero-order chi connectivity index (χ0) is 9.76. The van der Waals surface area contributed by atoms with E-state index in [-0.39, 0.29) is 17.6 Å². The van der Waals surface area contributed by atoms with Gasteiger partial charge < -0.3 is 9.47 Å². The summed E-state index contributed by atoms with van der Waals surface area (Å²) in [6.45, 7) is 0.437. The Bertz CT molecular complexity index is 316. The van der Waals surface area contributed by atoms with Crippen molar-refractivity contribution in [1.29, 1.82) is 0 Å². The number of rotatable bonds is 2. The van der Waals surface area contributed by atoms with Gasteiger partial charge in [0.05, 0.1) is 12.7 Å². The van der Waals surface area contributed by atoms with Gasteiger partial charge in [-0.1, -0.05) is 12.2 Å². The predicted molar refractivity (Wildman–Crippen MR) is 46.5 cm³/mol. The van der Waals surface area contributed by atoms with Crippen LogP contribution in [0.15, 0.2) is 12.2 Å². The first kappa shape index (κ1) is 8.38. The maximum Gasteiger partial charge on any atom is 0.232 e. The molecule has 4 unspecified atom stereocenters. The highest BCUT2D eigenvalue weighted by Crippen LogP contribution is 2.50. The van der Waals surface area contributed by atoms with E-state index in [2.05, 4.69) is 0 Å². The second-order valence-electron chi connectivity index (χ2n) is 4.14. The molecule has 0 aliphatic carbocycles. The molecule has 3 aliphatic rings. The molecule has 0 aromatic rings. The van der Waals surface area contributed by atoms with E-state index in [1.807, 2.05) is 12.2 Å². The first-order chi connectivity index (χ1) is 6.71. The minimum Gasteiger partial charge on any atom is -0.368 e. The van der Waals surface area contributed by atoms with Crippen LogP contribution < -0.4 is 0 Å². The van der Waals surface area contributed by atoms with Gasteiger partial charge in [-0.05, 0) is 6.42 Å². The van der Waals surface area contributed by atoms with Crippen molar-refractivity contribution in [2.45, 2.75) is 24.2 Å². The van der Waals surface area contributed by atoms with Crippen molar-refractivity contribution >= 4 is 0 Å². The quantitative estimate of drug-likeness (QED) is 0.364. The second kappa shape index (κ2) is 2.55. The highest BCUT2D eigenvalue weighted by Gasteiger charge is 2.60. The molecule has 76 valence electrons. The first-order valence-electron chi connectivity index (χ1n) is 4.81. The van der Waals surface area contributed by atoms with Gasteiger partial charge in [-0.2, -0.15) is 0 Å². The lowest BCUT2D eigenvalue weighted by Crippen LogP contribution is -2.43. The van der Waals surface area contributed by atoms with Gasteiger partial charge in [0.1, 0.15) is 5.60 Å². The predicted octanol–water partition coefficient (Wildman–Crippen LogP) is 0.376. The van der Waals surface area contributed by atoms with E-state index in [0.717, 1.165) is 6.42 Å². The lowest BCUT2D eigenvalue weighted by atomic mass is 9.82. The minimum atomic E-state index is -0.474. The fourth-order valence-electron chi connectivity index (χ4n) is 2.76. The second-order valence-corrected chi connectivity index (χ2v) is 4.14. The molecule has 0 saturated carbocycles. The van der Waals surface area contributed by atoms with E-state index in [9.17, 15) is 10.1 Å². The first-order valence-corrected chi connectivity index (χ1v) is 4.81. The van der Waals surface area contributed by atoms with Crippen LogP contribution in [-0.2, 0) is 9.47 Å². The molecule has 0 aromatic heterocycles. The van der Waals surface area contributed by atoms with E-state index >= 15 is 0 Å². The molecule has 14 heavy (non-hydrogen) atoms. The molecule has 0 amide bonds. The van der Waals surface area contributed by atoms with Gasteiger partial charge in [0, 0.05) is 10.8 Å². The van der Waals surface area contributed by atoms with Crippen LogP contribution in [0, 0.1) is 16.0 Å². The molecule has 5 heteroatoms. The Morgan fingerprint density at radius 3 is 3.21 bits per heavy atom. The molecule has 3 heterocycles. The third-order valence-corrected chi connectivity index (χ3v) is 3.40. The van der Waals surface area contributed by atoms with E-state index in [1.165, 1.54) is 0 Å². The Morgan fingerprint density at radius 1 is 1.64 bits per heavy atom. The molecule has 0 radical (unpaired) electrons. The Kier molecular flexibility index (Phi) is 1.52. The number of nitrogens with zero attached hydrogens (tertiary/aromatic N) is 1. The molecule has 1 spiro atoms. The van der Waals surface area contributed by atoms with Crippen molar-refractivity contribution < 1.29 is 14.4 Å². The summed E-state index contributed by atoms with van der Waals surface area (Å²) in [4.78, 5) is 10.1. The van der Waals surface area contributed by atoms with Crippen LogP contribution in [0.3, 0.4) is 0 Å². The molecule has 2 bridgehead atoms. The van der Waals surface area contributed by atoms with Crippen LogP contribution >= 0.6 is 0 Å². The molecule has 5 nitrogen and oxygen atoms in total. The van der Waals surface area contributed by atoms with Crippen LogP contribution in [0.25, 0.3) is 0 Å². The largest absolute Gasteiger partial charge is 0.368 e. The molecule has 3 aliphatic heterocycles. The summed E-state index contributed by atoms with van der Waals surface area (Å²) in [5.74, 6) is 0.322. The molecule has 0 aromatic carbocycles. The summed E-state index contributed by atoms with van der Waals surface area (Å²) in [6, 6.07) is 0. The van der Waals surface area contributed by atoms with Crippen LogP contribution in [-0.4, -0.2) is 35.9 Å². The van der Waals surface area contributed by atoms with Crippen molar-refractivity contribution in [3.63, 3.8) is 0 Å². The van der Waals surface area contributed by atoms with Crippen molar-refractivity contribution in [1.82, 2.24) is 0 Å².